The average Bonchev–Trinajstić information content (AvgIpc) is 2.83. The molecule has 2 atom stereocenters. The van der Waals surface area contributed by atoms with Gasteiger partial charge in [0.25, 0.3) is 0 Å². The molecule has 2 aromatic rings. The molecule has 3 rings (SSSR count). The standard InChI is InChI=1S/C30H41FN4O/c1-9-22(3)28(24-12-14-25(31)15-13-24)29(32-26-16-10-21(2)11-17-26)34-20-27(36)35(19-18-33(7)8)30(5,6)23(34)4/h10-17,22,28H,4,9,18-20H2,1-3,5-8H3. The quantitative estimate of drug-likeness (QED) is 0.336. The van der Waals surface area contributed by atoms with Crippen molar-refractivity contribution in [3.63, 3.8) is 0 Å². The number of carbonyl (C=O) groups excluding carboxylic acids is 1. The molecule has 0 aliphatic carbocycles. The highest BCUT2D eigenvalue weighted by atomic mass is 19.1. The maximum atomic E-state index is 13.9. The first-order valence-electron chi connectivity index (χ1n) is 12.8. The molecular formula is C30H41FN4O. The maximum absolute atomic E-state index is 13.9. The van der Waals surface area contributed by atoms with Crippen molar-refractivity contribution >= 4 is 17.4 Å². The first kappa shape index (κ1) is 27.6. The number of benzene rings is 2. The fraction of sp³-hybridized carbons (Fsp3) is 0.467. The lowest BCUT2D eigenvalue weighted by Gasteiger charge is -2.50. The van der Waals surface area contributed by atoms with Crippen LogP contribution in [0.5, 0.6) is 0 Å². The molecule has 1 aliphatic rings. The minimum Gasteiger partial charge on any atom is -0.329 e. The molecule has 6 heteroatoms. The van der Waals surface area contributed by atoms with Gasteiger partial charge in [-0.05, 0) is 70.6 Å². The average molecular weight is 493 g/mol. The summed E-state index contributed by atoms with van der Waals surface area (Å²) in [5.74, 6) is 0.628. The van der Waals surface area contributed by atoms with Crippen LogP contribution >= 0.6 is 0 Å². The van der Waals surface area contributed by atoms with E-state index in [4.69, 9.17) is 4.99 Å². The molecule has 194 valence electrons. The van der Waals surface area contributed by atoms with Crippen molar-refractivity contribution in [3.05, 3.63) is 77.8 Å². The third-order valence-electron chi connectivity index (χ3n) is 7.35. The van der Waals surface area contributed by atoms with Gasteiger partial charge in [0.1, 0.15) is 18.2 Å². The normalized spacial score (nSPS) is 18.1. The van der Waals surface area contributed by atoms with Gasteiger partial charge in [-0.1, -0.05) is 56.7 Å². The lowest BCUT2D eigenvalue weighted by Crippen LogP contribution is -2.62. The summed E-state index contributed by atoms with van der Waals surface area (Å²) in [6, 6.07) is 14.7. The molecule has 2 aromatic carbocycles. The Labute approximate surface area is 216 Å². The van der Waals surface area contributed by atoms with Gasteiger partial charge in [0, 0.05) is 24.7 Å². The smallest absolute Gasteiger partial charge is 0.243 e. The number of amidine groups is 1. The molecule has 0 N–H and O–H groups in total. The predicted molar refractivity (Wildman–Crippen MR) is 147 cm³/mol. The van der Waals surface area contributed by atoms with Gasteiger partial charge in [-0.3, -0.25) is 4.79 Å². The fourth-order valence-electron chi connectivity index (χ4n) is 4.72. The van der Waals surface area contributed by atoms with Crippen molar-refractivity contribution in [2.24, 2.45) is 10.9 Å². The van der Waals surface area contributed by atoms with E-state index in [-0.39, 0.29) is 30.1 Å². The summed E-state index contributed by atoms with van der Waals surface area (Å²) in [5, 5.41) is 0. The second-order valence-electron chi connectivity index (χ2n) is 10.7. The van der Waals surface area contributed by atoms with Crippen LogP contribution in [0.1, 0.15) is 51.2 Å². The number of aryl methyl sites for hydroxylation is 1. The Morgan fingerprint density at radius 1 is 1.14 bits per heavy atom. The number of halogens is 1. The summed E-state index contributed by atoms with van der Waals surface area (Å²) in [4.78, 5) is 24.7. The van der Waals surface area contributed by atoms with Crippen LogP contribution in [0.15, 0.2) is 65.8 Å². The van der Waals surface area contributed by atoms with E-state index in [1.807, 2.05) is 67.2 Å². The number of piperazine rings is 1. The zero-order chi connectivity index (χ0) is 26.6. The lowest BCUT2D eigenvalue weighted by atomic mass is 9.82. The second-order valence-corrected chi connectivity index (χ2v) is 10.7. The van der Waals surface area contributed by atoms with E-state index in [0.29, 0.717) is 6.54 Å². The summed E-state index contributed by atoms with van der Waals surface area (Å²) < 4.78 is 13.9. The molecule has 2 unspecified atom stereocenters. The van der Waals surface area contributed by atoms with E-state index in [9.17, 15) is 9.18 Å². The van der Waals surface area contributed by atoms with Crippen LogP contribution in [0.2, 0.25) is 0 Å². The number of hydrogen-bond acceptors (Lipinski definition) is 3. The maximum Gasteiger partial charge on any atom is 0.243 e. The van der Waals surface area contributed by atoms with Crippen molar-refractivity contribution in [1.82, 2.24) is 14.7 Å². The largest absolute Gasteiger partial charge is 0.329 e. The molecule has 0 saturated carbocycles. The van der Waals surface area contributed by atoms with Gasteiger partial charge in [0.2, 0.25) is 5.91 Å². The summed E-state index contributed by atoms with van der Waals surface area (Å²) >= 11 is 0. The topological polar surface area (TPSA) is 39.2 Å². The Hall–Kier alpha value is -2.99. The number of nitrogens with zero attached hydrogens (tertiary/aromatic N) is 4. The Morgan fingerprint density at radius 2 is 1.75 bits per heavy atom. The van der Waals surface area contributed by atoms with Crippen molar-refractivity contribution < 1.29 is 9.18 Å². The van der Waals surface area contributed by atoms with Gasteiger partial charge in [-0.15, -0.1) is 0 Å². The summed E-state index contributed by atoms with van der Waals surface area (Å²) in [7, 11) is 4.02. The van der Waals surface area contributed by atoms with Crippen LogP contribution in [0.4, 0.5) is 10.1 Å². The Morgan fingerprint density at radius 3 is 2.31 bits per heavy atom. The Balaban J connectivity index is 2.14. The van der Waals surface area contributed by atoms with Crippen LogP contribution in [-0.2, 0) is 4.79 Å². The SMILES string of the molecule is C=C1N(C(=Nc2ccc(C)cc2)C(c2ccc(F)cc2)C(C)CC)CC(=O)N(CCN(C)C)C1(C)C. The van der Waals surface area contributed by atoms with E-state index in [0.717, 1.165) is 41.3 Å². The molecule has 1 saturated heterocycles. The van der Waals surface area contributed by atoms with Crippen LogP contribution < -0.4 is 0 Å². The van der Waals surface area contributed by atoms with E-state index in [2.05, 4.69) is 39.2 Å². The zero-order valence-corrected chi connectivity index (χ0v) is 22.9. The number of likely N-dealkylation sites (N-methyl/N-ethyl adjacent to an activating group) is 1. The van der Waals surface area contributed by atoms with Gasteiger partial charge in [0.15, 0.2) is 0 Å². The van der Waals surface area contributed by atoms with Gasteiger partial charge in [-0.2, -0.15) is 0 Å². The molecule has 0 bridgehead atoms. The molecule has 0 radical (unpaired) electrons. The Bertz CT molecular complexity index is 1090. The van der Waals surface area contributed by atoms with Crippen LogP contribution in [0.3, 0.4) is 0 Å². The molecule has 1 fully saturated rings. The monoisotopic (exact) mass is 492 g/mol. The first-order chi connectivity index (χ1) is 16.9. The van der Waals surface area contributed by atoms with Crippen LogP contribution in [0, 0.1) is 18.7 Å². The highest BCUT2D eigenvalue weighted by Gasteiger charge is 2.44. The first-order valence-corrected chi connectivity index (χ1v) is 12.8. The fourth-order valence-corrected chi connectivity index (χ4v) is 4.72. The molecular weight excluding hydrogens is 451 g/mol. The predicted octanol–water partition coefficient (Wildman–Crippen LogP) is 5.99. The van der Waals surface area contributed by atoms with Crippen LogP contribution in [-0.4, -0.2) is 65.7 Å². The number of aliphatic imine (C=N–C) groups is 1. The number of amides is 1. The third kappa shape index (κ3) is 6.04. The van der Waals surface area contributed by atoms with Gasteiger partial charge < -0.3 is 14.7 Å². The molecule has 0 aromatic heterocycles. The summed E-state index contributed by atoms with van der Waals surface area (Å²) in [5.41, 5.74) is 3.20. The number of rotatable bonds is 8. The molecule has 1 heterocycles. The van der Waals surface area contributed by atoms with Gasteiger partial charge in [-0.25, -0.2) is 9.38 Å². The highest BCUT2D eigenvalue weighted by molar-refractivity contribution is 5.97. The number of carbonyl (C=O) groups is 1. The van der Waals surface area contributed by atoms with Gasteiger partial charge in [0.05, 0.1) is 11.2 Å². The summed E-state index contributed by atoms with van der Waals surface area (Å²) in [6.45, 7) is 16.5. The minimum absolute atomic E-state index is 0.0489. The zero-order valence-electron chi connectivity index (χ0n) is 22.9. The molecule has 0 spiro atoms. The van der Waals surface area contributed by atoms with Crippen molar-refractivity contribution in [3.8, 4) is 0 Å². The van der Waals surface area contributed by atoms with E-state index in [1.54, 1.807) is 0 Å². The summed E-state index contributed by atoms with van der Waals surface area (Å²) in [6.07, 6.45) is 0.904. The van der Waals surface area contributed by atoms with Crippen LogP contribution in [0.25, 0.3) is 0 Å². The van der Waals surface area contributed by atoms with Crippen molar-refractivity contribution in [2.75, 3.05) is 33.7 Å². The van der Waals surface area contributed by atoms with E-state index in [1.165, 1.54) is 12.1 Å². The molecule has 1 aliphatic heterocycles. The second kappa shape index (κ2) is 11.4. The third-order valence-corrected chi connectivity index (χ3v) is 7.35. The van der Waals surface area contributed by atoms with Crippen molar-refractivity contribution in [2.45, 2.75) is 52.5 Å². The minimum atomic E-state index is -0.581. The number of hydrogen-bond donors (Lipinski definition) is 0. The lowest BCUT2D eigenvalue weighted by molar-refractivity contribution is -0.139. The van der Waals surface area contributed by atoms with E-state index >= 15 is 0 Å². The Kier molecular flexibility index (Phi) is 8.72. The molecule has 36 heavy (non-hydrogen) atoms. The highest BCUT2D eigenvalue weighted by Crippen LogP contribution is 2.38. The molecule has 5 nitrogen and oxygen atoms in total. The van der Waals surface area contributed by atoms with E-state index < -0.39 is 5.54 Å². The van der Waals surface area contributed by atoms with Gasteiger partial charge >= 0.3 is 0 Å². The molecule has 1 amide bonds. The van der Waals surface area contributed by atoms with Crippen molar-refractivity contribution in [1.29, 1.82) is 0 Å².